The fourth-order valence-corrected chi connectivity index (χ4v) is 4.50. The Morgan fingerprint density at radius 2 is 1.83 bits per heavy atom. The Balaban J connectivity index is 1.34. The van der Waals surface area contributed by atoms with Crippen molar-refractivity contribution >= 4 is 22.6 Å². The molecule has 1 amide bonds. The molecule has 7 nitrogen and oxygen atoms in total. The molecule has 174 valence electrons. The highest BCUT2D eigenvalue weighted by Crippen LogP contribution is 2.40. The molecule has 0 aliphatic heterocycles. The number of fused-ring (bicyclic) bond motifs is 1. The van der Waals surface area contributed by atoms with E-state index < -0.39 is 0 Å². The molecule has 7 heteroatoms. The van der Waals surface area contributed by atoms with Crippen LogP contribution >= 0.6 is 0 Å². The van der Waals surface area contributed by atoms with E-state index in [1.165, 1.54) is 11.1 Å². The van der Waals surface area contributed by atoms with E-state index in [0.29, 0.717) is 23.7 Å². The summed E-state index contributed by atoms with van der Waals surface area (Å²) in [5.74, 6) is 0.229. The van der Waals surface area contributed by atoms with Gasteiger partial charge in [-0.3, -0.25) is 9.48 Å². The van der Waals surface area contributed by atoms with Crippen molar-refractivity contribution in [1.82, 2.24) is 24.5 Å². The van der Waals surface area contributed by atoms with Crippen LogP contribution in [0.25, 0.3) is 16.7 Å². The number of aryl methyl sites for hydroxylation is 2. The Morgan fingerprint density at radius 3 is 2.60 bits per heavy atom. The summed E-state index contributed by atoms with van der Waals surface area (Å²) in [6.45, 7) is 4.67. The molecular formula is C28H26N6O. The molecule has 0 unspecified atom stereocenters. The fourth-order valence-electron chi connectivity index (χ4n) is 4.50. The zero-order valence-corrected chi connectivity index (χ0v) is 19.8. The molecule has 0 saturated heterocycles. The third-order valence-corrected chi connectivity index (χ3v) is 6.56. The summed E-state index contributed by atoms with van der Waals surface area (Å²) in [6.07, 6.45) is 5.76. The molecule has 6 rings (SSSR count). The summed E-state index contributed by atoms with van der Waals surface area (Å²) in [4.78, 5) is 18.5. The zero-order chi connectivity index (χ0) is 23.9. The Kier molecular flexibility index (Phi) is 5.17. The maximum Gasteiger partial charge on any atom is 0.256 e. The summed E-state index contributed by atoms with van der Waals surface area (Å²) in [5.41, 5.74) is 7.05. The van der Waals surface area contributed by atoms with Gasteiger partial charge in [-0.1, -0.05) is 42.5 Å². The normalized spacial score (nSPS) is 13.3. The lowest BCUT2D eigenvalue weighted by atomic mass is 10.1. The molecule has 1 N–H and O–H groups in total. The lowest BCUT2D eigenvalue weighted by molar-refractivity contribution is 0.102. The van der Waals surface area contributed by atoms with Gasteiger partial charge in [-0.2, -0.15) is 10.2 Å². The number of para-hydroxylation sites is 1. The highest BCUT2D eigenvalue weighted by atomic mass is 16.1. The Labute approximate surface area is 203 Å². The van der Waals surface area contributed by atoms with Gasteiger partial charge in [0, 0.05) is 17.8 Å². The highest BCUT2D eigenvalue weighted by molar-refractivity contribution is 6.12. The molecule has 1 aliphatic carbocycles. The molecule has 2 aromatic carbocycles. The predicted octanol–water partition coefficient (Wildman–Crippen LogP) is 5.41. The minimum absolute atomic E-state index is 0.176. The third-order valence-electron chi connectivity index (χ3n) is 6.56. The van der Waals surface area contributed by atoms with E-state index in [0.717, 1.165) is 41.0 Å². The molecular weight excluding hydrogens is 436 g/mol. The minimum Gasteiger partial charge on any atom is -0.319 e. The molecule has 1 fully saturated rings. The number of rotatable bonds is 6. The number of aromatic nitrogens is 5. The second-order valence-electron chi connectivity index (χ2n) is 9.21. The van der Waals surface area contributed by atoms with Gasteiger partial charge in [-0.25, -0.2) is 9.67 Å². The predicted molar refractivity (Wildman–Crippen MR) is 136 cm³/mol. The van der Waals surface area contributed by atoms with Gasteiger partial charge in [0.05, 0.1) is 40.8 Å². The van der Waals surface area contributed by atoms with Crippen LogP contribution in [0.1, 0.15) is 51.6 Å². The Morgan fingerprint density at radius 1 is 1.06 bits per heavy atom. The molecule has 1 aliphatic rings. The van der Waals surface area contributed by atoms with Crippen LogP contribution in [0.4, 0.5) is 5.69 Å². The lowest BCUT2D eigenvalue weighted by Gasteiger charge is -2.09. The van der Waals surface area contributed by atoms with Crippen LogP contribution < -0.4 is 5.32 Å². The van der Waals surface area contributed by atoms with Gasteiger partial charge in [0.25, 0.3) is 5.91 Å². The first-order valence-corrected chi connectivity index (χ1v) is 11.9. The molecule has 0 atom stereocenters. The fraction of sp³-hybridized carbons (Fsp3) is 0.214. The number of carbonyl (C=O) groups is 1. The quantitative estimate of drug-likeness (QED) is 0.366. The highest BCUT2D eigenvalue weighted by Gasteiger charge is 2.29. The van der Waals surface area contributed by atoms with Gasteiger partial charge in [0.1, 0.15) is 0 Å². The van der Waals surface area contributed by atoms with E-state index in [-0.39, 0.29) is 5.91 Å². The maximum absolute atomic E-state index is 13.5. The van der Waals surface area contributed by atoms with E-state index in [1.807, 2.05) is 71.0 Å². The van der Waals surface area contributed by atoms with Crippen molar-refractivity contribution in [3.05, 3.63) is 101 Å². The molecule has 35 heavy (non-hydrogen) atoms. The van der Waals surface area contributed by atoms with Gasteiger partial charge in [-0.05, 0) is 56.0 Å². The van der Waals surface area contributed by atoms with Gasteiger partial charge in [-0.15, -0.1) is 0 Å². The minimum atomic E-state index is -0.176. The van der Waals surface area contributed by atoms with E-state index in [1.54, 1.807) is 6.20 Å². The Hall–Kier alpha value is -4.26. The number of nitrogens with zero attached hydrogens (tertiary/aromatic N) is 5. The van der Waals surface area contributed by atoms with Crippen LogP contribution in [-0.4, -0.2) is 30.5 Å². The van der Waals surface area contributed by atoms with Crippen molar-refractivity contribution in [3.63, 3.8) is 0 Å². The number of anilines is 1. The van der Waals surface area contributed by atoms with E-state index in [4.69, 9.17) is 10.1 Å². The Bertz CT molecular complexity index is 1540. The van der Waals surface area contributed by atoms with Crippen molar-refractivity contribution in [2.75, 3.05) is 5.32 Å². The van der Waals surface area contributed by atoms with Crippen LogP contribution in [0.3, 0.4) is 0 Å². The molecule has 3 heterocycles. The van der Waals surface area contributed by atoms with Crippen molar-refractivity contribution in [1.29, 1.82) is 0 Å². The van der Waals surface area contributed by atoms with Crippen LogP contribution in [0, 0.1) is 13.8 Å². The first-order chi connectivity index (χ1) is 17.1. The number of amides is 1. The standard InChI is InChI=1S/C28H26N6O/c1-18-8-6-7-9-21(18)16-33-17-22(15-29-33)30-28(35)24-14-25(20-12-13-20)31-27-26(24)19(2)32-34(27)23-10-4-3-5-11-23/h3-11,14-15,17,20H,12-13,16H2,1-2H3,(H,30,35). The lowest BCUT2D eigenvalue weighted by Crippen LogP contribution is -2.13. The average molecular weight is 463 g/mol. The number of carbonyl (C=O) groups excluding carboxylic acids is 1. The molecule has 0 bridgehead atoms. The van der Waals surface area contributed by atoms with Crippen LogP contribution in [0.2, 0.25) is 0 Å². The summed E-state index contributed by atoms with van der Waals surface area (Å²) >= 11 is 0. The smallest absolute Gasteiger partial charge is 0.256 e. The molecule has 0 spiro atoms. The van der Waals surface area contributed by atoms with Crippen LogP contribution in [0.15, 0.2) is 73.1 Å². The molecule has 1 saturated carbocycles. The summed E-state index contributed by atoms with van der Waals surface area (Å²) in [5, 5.41) is 13.0. The third kappa shape index (κ3) is 4.10. The summed E-state index contributed by atoms with van der Waals surface area (Å²) in [6, 6.07) is 20.1. The van der Waals surface area contributed by atoms with Crippen LogP contribution in [0.5, 0.6) is 0 Å². The first-order valence-electron chi connectivity index (χ1n) is 11.9. The summed E-state index contributed by atoms with van der Waals surface area (Å²) < 4.78 is 3.68. The second kappa shape index (κ2) is 8.51. The van der Waals surface area contributed by atoms with E-state index >= 15 is 0 Å². The van der Waals surface area contributed by atoms with Gasteiger partial charge in [0.2, 0.25) is 0 Å². The van der Waals surface area contributed by atoms with Crippen molar-refractivity contribution in [2.45, 2.75) is 39.2 Å². The summed E-state index contributed by atoms with van der Waals surface area (Å²) in [7, 11) is 0. The monoisotopic (exact) mass is 462 g/mol. The zero-order valence-electron chi connectivity index (χ0n) is 19.8. The number of nitrogens with one attached hydrogen (secondary N) is 1. The molecule has 0 radical (unpaired) electrons. The van der Waals surface area contributed by atoms with Crippen molar-refractivity contribution in [3.8, 4) is 5.69 Å². The molecule has 5 aromatic rings. The van der Waals surface area contributed by atoms with Crippen LogP contribution in [-0.2, 0) is 6.54 Å². The van der Waals surface area contributed by atoms with Gasteiger partial charge < -0.3 is 5.32 Å². The van der Waals surface area contributed by atoms with Crippen molar-refractivity contribution < 1.29 is 4.79 Å². The molecule has 3 aromatic heterocycles. The van der Waals surface area contributed by atoms with Gasteiger partial charge in [0.15, 0.2) is 5.65 Å². The number of pyridine rings is 1. The topological polar surface area (TPSA) is 77.6 Å². The second-order valence-corrected chi connectivity index (χ2v) is 9.21. The number of benzene rings is 2. The average Bonchev–Trinajstić information content (AvgIpc) is 3.55. The largest absolute Gasteiger partial charge is 0.319 e. The van der Waals surface area contributed by atoms with E-state index in [2.05, 4.69) is 29.5 Å². The SMILES string of the molecule is Cc1ccccc1Cn1cc(NC(=O)c2cc(C3CC3)nc3c2c(C)nn3-c2ccccc2)cn1. The number of hydrogen-bond donors (Lipinski definition) is 1. The maximum atomic E-state index is 13.5. The van der Waals surface area contributed by atoms with Gasteiger partial charge >= 0.3 is 0 Å². The van der Waals surface area contributed by atoms with E-state index in [9.17, 15) is 4.79 Å². The number of hydrogen-bond acceptors (Lipinski definition) is 4. The van der Waals surface area contributed by atoms with Crippen molar-refractivity contribution in [2.24, 2.45) is 0 Å². The first kappa shape index (κ1) is 21.3.